The molecule has 9 heteroatoms. The van der Waals surface area contributed by atoms with Crippen LogP contribution in [-0.2, 0) is 14.3 Å². The van der Waals surface area contributed by atoms with Gasteiger partial charge < -0.3 is 30.3 Å². The molecule has 0 bridgehead atoms. The summed E-state index contributed by atoms with van der Waals surface area (Å²) in [4.78, 5) is 32.5. The molecule has 9 nitrogen and oxygen atoms in total. The van der Waals surface area contributed by atoms with Crippen molar-refractivity contribution in [2.75, 3.05) is 38.6 Å². The third kappa shape index (κ3) is 10.0. The van der Waals surface area contributed by atoms with Gasteiger partial charge in [-0.2, -0.15) is 0 Å². The summed E-state index contributed by atoms with van der Waals surface area (Å²) < 4.78 is 10.9. The highest BCUT2D eigenvalue weighted by Crippen LogP contribution is 2.23. The minimum Gasteiger partial charge on any atom is -0.493 e. The SMILES string of the molecule is CCCOc1cc(N)ccc1C(=O)OCCN(CC)CC.O=C(O)C(=O)O. The summed E-state index contributed by atoms with van der Waals surface area (Å²) >= 11 is 0. The first kappa shape index (κ1) is 24.2. The Kier molecular flexibility index (Phi) is 12.0. The molecule has 0 radical (unpaired) electrons. The van der Waals surface area contributed by atoms with E-state index in [1.54, 1.807) is 18.2 Å². The lowest BCUT2D eigenvalue weighted by molar-refractivity contribution is -0.159. The van der Waals surface area contributed by atoms with Crippen LogP contribution in [0.1, 0.15) is 37.6 Å². The highest BCUT2D eigenvalue weighted by molar-refractivity contribution is 6.27. The minimum atomic E-state index is -1.82. The highest BCUT2D eigenvalue weighted by atomic mass is 16.5. The number of anilines is 1. The van der Waals surface area contributed by atoms with Gasteiger partial charge in [0, 0.05) is 18.3 Å². The molecule has 0 amide bonds. The molecule has 0 atom stereocenters. The van der Waals surface area contributed by atoms with Gasteiger partial charge in [0.2, 0.25) is 0 Å². The Morgan fingerprint density at radius 2 is 1.63 bits per heavy atom. The summed E-state index contributed by atoms with van der Waals surface area (Å²) in [5.74, 6) is -3.53. The van der Waals surface area contributed by atoms with E-state index in [1.165, 1.54) is 0 Å². The predicted octanol–water partition coefficient (Wildman–Crippen LogP) is 1.71. The number of carboxylic acid groups (broad SMARTS) is 2. The Hall–Kier alpha value is -2.81. The lowest BCUT2D eigenvalue weighted by Crippen LogP contribution is -2.28. The minimum absolute atomic E-state index is 0.367. The van der Waals surface area contributed by atoms with E-state index in [0.717, 1.165) is 26.1 Å². The van der Waals surface area contributed by atoms with Crippen LogP contribution in [0.2, 0.25) is 0 Å². The monoisotopic (exact) mass is 384 g/mol. The van der Waals surface area contributed by atoms with Gasteiger partial charge in [-0.25, -0.2) is 14.4 Å². The van der Waals surface area contributed by atoms with Crippen LogP contribution in [0.15, 0.2) is 18.2 Å². The number of hydrogen-bond acceptors (Lipinski definition) is 7. The maximum Gasteiger partial charge on any atom is 0.414 e. The zero-order valence-electron chi connectivity index (χ0n) is 15.9. The molecule has 1 rings (SSSR count). The van der Waals surface area contributed by atoms with Crippen molar-refractivity contribution < 1.29 is 34.1 Å². The molecule has 0 spiro atoms. The summed E-state index contributed by atoms with van der Waals surface area (Å²) in [5, 5.41) is 14.8. The van der Waals surface area contributed by atoms with E-state index in [2.05, 4.69) is 18.7 Å². The zero-order valence-corrected chi connectivity index (χ0v) is 15.9. The quantitative estimate of drug-likeness (QED) is 0.330. The fourth-order valence-electron chi connectivity index (χ4n) is 1.92. The Labute approximate surface area is 158 Å². The van der Waals surface area contributed by atoms with Crippen molar-refractivity contribution in [3.05, 3.63) is 23.8 Å². The number of nitrogens with two attached hydrogens (primary N) is 1. The van der Waals surface area contributed by atoms with E-state index in [4.69, 9.17) is 35.0 Å². The number of rotatable bonds is 9. The number of aliphatic carboxylic acids is 2. The summed E-state index contributed by atoms with van der Waals surface area (Å²) in [6.45, 7) is 9.72. The zero-order chi connectivity index (χ0) is 20.8. The van der Waals surface area contributed by atoms with E-state index in [9.17, 15) is 4.79 Å². The molecule has 4 N–H and O–H groups in total. The highest BCUT2D eigenvalue weighted by Gasteiger charge is 2.15. The largest absolute Gasteiger partial charge is 0.493 e. The normalized spacial score (nSPS) is 9.93. The van der Waals surface area contributed by atoms with E-state index < -0.39 is 11.9 Å². The van der Waals surface area contributed by atoms with Crippen LogP contribution in [0.3, 0.4) is 0 Å². The van der Waals surface area contributed by atoms with Crippen molar-refractivity contribution in [1.29, 1.82) is 0 Å². The number of ether oxygens (including phenoxy) is 2. The molecule has 1 aromatic carbocycles. The van der Waals surface area contributed by atoms with Gasteiger partial charge in [0.15, 0.2) is 0 Å². The number of carbonyl (C=O) groups excluding carboxylic acids is 1. The van der Waals surface area contributed by atoms with Gasteiger partial charge in [-0.05, 0) is 31.6 Å². The van der Waals surface area contributed by atoms with Crippen molar-refractivity contribution in [2.45, 2.75) is 27.2 Å². The van der Waals surface area contributed by atoms with E-state index >= 15 is 0 Å². The van der Waals surface area contributed by atoms with Gasteiger partial charge in [0.25, 0.3) is 0 Å². The summed E-state index contributed by atoms with van der Waals surface area (Å²) in [7, 11) is 0. The molecule has 0 fully saturated rings. The average molecular weight is 384 g/mol. The first-order valence-corrected chi connectivity index (χ1v) is 8.64. The number of carboxylic acids is 2. The number of carbonyl (C=O) groups is 3. The Morgan fingerprint density at radius 1 is 1.04 bits per heavy atom. The molecule has 0 unspecified atom stereocenters. The molecule has 0 saturated heterocycles. The second-order valence-corrected chi connectivity index (χ2v) is 5.38. The van der Waals surface area contributed by atoms with Gasteiger partial charge in [-0.1, -0.05) is 20.8 Å². The second kappa shape index (κ2) is 13.4. The summed E-state index contributed by atoms with van der Waals surface area (Å²) in [6, 6.07) is 5.00. The smallest absolute Gasteiger partial charge is 0.414 e. The fraction of sp³-hybridized carbons (Fsp3) is 0.500. The average Bonchev–Trinajstić information content (AvgIpc) is 2.63. The van der Waals surface area contributed by atoms with Gasteiger partial charge in [-0.3, -0.25) is 0 Å². The van der Waals surface area contributed by atoms with Crippen LogP contribution >= 0.6 is 0 Å². The van der Waals surface area contributed by atoms with Crippen molar-refractivity contribution in [3.8, 4) is 5.75 Å². The number of likely N-dealkylation sites (N-methyl/N-ethyl adjacent to an activating group) is 1. The third-order valence-electron chi connectivity index (χ3n) is 3.41. The molecule has 0 heterocycles. The van der Waals surface area contributed by atoms with Crippen LogP contribution in [-0.4, -0.2) is 65.9 Å². The Bertz CT molecular complexity index is 604. The molecule has 1 aromatic rings. The molecule has 0 aliphatic rings. The number of nitrogen functional groups attached to an aromatic ring is 1. The van der Waals surface area contributed by atoms with Gasteiger partial charge in [0.1, 0.15) is 17.9 Å². The topological polar surface area (TPSA) is 139 Å². The summed E-state index contributed by atoms with van der Waals surface area (Å²) in [5.41, 5.74) is 6.73. The molecular weight excluding hydrogens is 356 g/mol. The first-order valence-electron chi connectivity index (χ1n) is 8.64. The Morgan fingerprint density at radius 3 is 2.11 bits per heavy atom. The molecular formula is C18H28N2O7. The maximum absolute atomic E-state index is 12.1. The molecule has 0 aliphatic carbocycles. The van der Waals surface area contributed by atoms with Crippen LogP contribution in [0.25, 0.3) is 0 Å². The second-order valence-electron chi connectivity index (χ2n) is 5.38. The van der Waals surface area contributed by atoms with Gasteiger partial charge >= 0.3 is 17.9 Å². The molecule has 0 saturated carbocycles. The van der Waals surface area contributed by atoms with Crippen molar-refractivity contribution in [3.63, 3.8) is 0 Å². The van der Waals surface area contributed by atoms with Crippen LogP contribution in [0.5, 0.6) is 5.75 Å². The lowest BCUT2D eigenvalue weighted by Gasteiger charge is -2.18. The number of esters is 1. The van der Waals surface area contributed by atoms with E-state index in [-0.39, 0.29) is 5.97 Å². The third-order valence-corrected chi connectivity index (χ3v) is 3.41. The molecule has 0 aliphatic heterocycles. The Balaban J connectivity index is 0.000000972. The van der Waals surface area contributed by atoms with Gasteiger partial charge in [0.05, 0.1) is 6.61 Å². The van der Waals surface area contributed by atoms with Gasteiger partial charge in [-0.15, -0.1) is 0 Å². The maximum atomic E-state index is 12.1. The van der Waals surface area contributed by atoms with E-state index in [0.29, 0.717) is 30.2 Å². The fourth-order valence-corrected chi connectivity index (χ4v) is 1.92. The number of nitrogens with zero attached hydrogens (tertiary/aromatic N) is 1. The molecule has 0 aromatic heterocycles. The lowest BCUT2D eigenvalue weighted by atomic mass is 10.2. The van der Waals surface area contributed by atoms with Crippen LogP contribution in [0, 0.1) is 0 Å². The van der Waals surface area contributed by atoms with Crippen molar-refractivity contribution >= 4 is 23.6 Å². The predicted molar refractivity (Wildman–Crippen MR) is 100.0 cm³/mol. The van der Waals surface area contributed by atoms with Crippen LogP contribution in [0.4, 0.5) is 5.69 Å². The van der Waals surface area contributed by atoms with Crippen molar-refractivity contribution in [2.24, 2.45) is 0 Å². The molecule has 152 valence electrons. The summed E-state index contributed by atoms with van der Waals surface area (Å²) in [6.07, 6.45) is 0.866. The standard InChI is InChI=1S/C16H26N2O3.C2H2O4/c1-4-10-20-15-12-13(17)7-8-14(15)16(19)21-11-9-18(5-2)6-3;3-1(4)2(5)6/h7-8,12H,4-6,9-11,17H2,1-3H3;(H,3,4)(H,5,6). The first-order chi connectivity index (χ1) is 12.8. The van der Waals surface area contributed by atoms with E-state index in [1.807, 2.05) is 6.92 Å². The number of benzene rings is 1. The van der Waals surface area contributed by atoms with Crippen LogP contribution < -0.4 is 10.5 Å². The molecule has 27 heavy (non-hydrogen) atoms. The number of hydrogen-bond donors (Lipinski definition) is 3. The van der Waals surface area contributed by atoms with Crippen molar-refractivity contribution in [1.82, 2.24) is 4.90 Å².